The van der Waals surface area contributed by atoms with Gasteiger partial charge in [-0.3, -0.25) is 0 Å². The van der Waals surface area contributed by atoms with Gasteiger partial charge in [0.15, 0.2) is 33.5 Å². The number of ether oxygens (including phenoxy) is 3. The molecule has 6 aromatic carbocycles. The van der Waals surface area contributed by atoms with Gasteiger partial charge in [0.05, 0.1) is 0 Å². The third kappa shape index (κ3) is 10.9. The molecule has 3 unspecified atom stereocenters. The molecule has 0 bridgehead atoms. The number of carbonyl (C=O) groups is 3. The zero-order valence-electron chi connectivity index (χ0n) is 37.3. The van der Waals surface area contributed by atoms with Gasteiger partial charge in [0.25, 0.3) is 0 Å². The highest BCUT2D eigenvalue weighted by Crippen LogP contribution is 2.34. The predicted molar refractivity (Wildman–Crippen MR) is 277 cm³/mol. The highest BCUT2D eigenvalue weighted by atomic mass is 32.1. The molecule has 1 saturated heterocycles. The first-order valence-corrected chi connectivity index (χ1v) is 22.2. The van der Waals surface area contributed by atoms with Crippen molar-refractivity contribution in [1.29, 1.82) is 0 Å². The summed E-state index contributed by atoms with van der Waals surface area (Å²) < 4.78 is 17.1. The number of esters is 3. The van der Waals surface area contributed by atoms with Gasteiger partial charge in [-0.15, -0.1) is 0 Å². The van der Waals surface area contributed by atoms with E-state index in [1.807, 2.05) is 166 Å². The standard InChI is InChI=1S/C48H51N9O6S3/c1-55(2)40-22-19-34(28-13-7-10-16-31(28)40)49-46(64)52-37-25-61-44(59)39(54-48(66)51-36-21-24-42(57(5)6)33-18-12-9-15-30(33)36)27-63-45(60)38(26-62-43(37)58)53-47(65)50-35-20-23-41(56(3)4)32-17-11-8-14-29(32)35/h7-24,37-39H,25-27H2,1-6H3,(H2,49,52,64)(H2,50,53,65)(H2,51,54,66). The van der Waals surface area contributed by atoms with E-state index in [1.54, 1.807) is 0 Å². The van der Waals surface area contributed by atoms with E-state index in [-0.39, 0.29) is 15.3 Å². The molecule has 7 rings (SSSR count). The van der Waals surface area contributed by atoms with E-state index in [0.29, 0.717) is 17.1 Å². The molecule has 6 aromatic rings. The van der Waals surface area contributed by atoms with E-state index in [4.69, 9.17) is 50.9 Å². The molecule has 1 fully saturated rings. The predicted octanol–water partition coefficient (Wildman–Crippen LogP) is 6.35. The minimum absolute atomic E-state index is 0.0578. The molecule has 1 aliphatic rings. The third-order valence-corrected chi connectivity index (χ3v) is 11.5. The van der Waals surface area contributed by atoms with Crippen LogP contribution in [0.5, 0.6) is 0 Å². The summed E-state index contributed by atoms with van der Waals surface area (Å²) in [5.41, 5.74) is 5.05. The monoisotopic (exact) mass is 945 g/mol. The number of nitrogens with zero attached hydrogens (tertiary/aromatic N) is 3. The molecule has 342 valence electrons. The van der Waals surface area contributed by atoms with E-state index >= 15 is 0 Å². The molecule has 0 radical (unpaired) electrons. The lowest BCUT2D eigenvalue weighted by molar-refractivity contribution is -0.160. The van der Waals surface area contributed by atoms with Crippen molar-refractivity contribution in [2.45, 2.75) is 18.1 Å². The quantitative estimate of drug-likeness (QED) is 0.0540. The van der Waals surface area contributed by atoms with Gasteiger partial charge in [-0.25, -0.2) is 14.4 Å². The van der Waals surface area contributed by atoms with Gasteiger partial charge in [-0.1, -0.05) is 72.8 Å². The Morgan fingerprint density at radius 2 is 0.652 bits per heavy atom. The van der Waals surface area contributed by atoms with Crippen molar-refractivity contribution in [2.75, 3.05) is 92.8 Å². The Bertz CT molecular complexity index is 2540. The van der Waals surface area contributed by atoms with Crippen LogP contribution in [0.4, 0.5) is 34.1 Å². The minimum Gasteiger partial charge on any atom is -0.461 e. The van der Waals surface area contributed by atoms with Gasteiger partial charge in [-0.2, -0.15) is 0 Å². The second-order valence-corrected chi connectivity index (χ2v) is 17.3. The summed E-state index contributed by atoms with van der Waals surface area (Å²) in [6.45, 7) is -1.51. The zero-order chi connectivity index (χ0) is 47.1. The van der Waals surface area contributed by atoms with Crippen LogP contribution in [0.3, 0.4) is 0 Å². The number of thiocarbonyl (C=S) groups is 3. The summed E-state index contributed by atoms with van der Waals surface area (Å²) in [6, 6.07) is 31.1. The van der Waals surface area contributed by atoms with Crippen LogP contribution in [0.1, 0.15) is 0 Å². The van der Waals surface area contributed by atoms with Crippen molar-refractivity contribution in [1.82, 2.24) is 16.0 Å². The number of anilines is 6. The summed E-state index contributed by atoms with van der Waals surface area (Å²) in [5, 5.41) is 24.2. The van der Waals surface area contributed by atoms with Crippen LogP contribution in [0.2, 0.25) is 0 Å². The lowest BCUT2D eigenvalue weighted by Gasteiger charge is -2.26. The maximum absolute atomic E-state index is 13.9. The Morgan fingerprint density at radius 3 is 0.894 bits per heavy atom. The Balaban J connectivity index is 1.12. The molecule has 18 heteroatoms. The molecule has 66 heavy (non-hydrogen) atoms. The largest absolute Gasteiger partial charge is 0.461 e. The minimum atomic E-state index is -1.31. The highest BCUT2D eigenvalue weighted by Gasteiger charge is 2.33. The van der Waals surface area contributed by atoms with Crippen molar-refractivity contribution < 1.29 is 28.6 Å². The third-order valence-electron chi connectivity index (χ3n) is 10.8. The van der Waals surface area contributed by atoms with Gasteiger partial charge in [0, 0.05) is 109 Å². The molecular weight excluding hydrogens is 895 g/mol. The first-order chi connectivity index (χ1) is 31.7. The van der Waals surface area contributed by atoms with E-state index in [0.717, 1.165) is 49.4 Å². The first-order valence-electron chi connectivity index (χ1n) is 21.0. The van der Waals surface area contributed by atoms with Crippen LogP contribution >= 0.6 is 36.7 Å². The molecule has 1 aliphatic heterocycles. The van der Waals surface area contributed by atoms with Gasteiger partial charge >= 0.3 is 17.9 Å². The van der Waals surface area contributed by atoms with Crippen molar-refractivity contribution in [3.8, 4) is 0 Å². The number of hydrogen-bond acceptors (Lipinski definition) is 12. The Hall–Kier alpha value is -7.02. The average Bonchev–Trinajstić information content (AvgIpc) is 3.29. The second kappa shape index (κ2) is 20.9. The maximum atomic E-state index is 13.9. The fourth-order valence-electron chi connectivity index (χ4n) is 7.60. The van der Waals surface area contributed by atoms with Crippen molar-refractivity contribution in [2.24, 2.45) is 0 Å². The molecule has 0 amide bonds. The number of benzene rings is 6. The number of fused-ring (bicyclic) bond motifs is 3. The van der Waals surface area contributed by atoms with Crippen LogP contribution in [0, 0.1) is 0 Å². The summed E-state index contributed by atoms with van der Waals surface area (Å²) in [7, 11) is 11.8. The second-order valence-electron chi connectivity index (χ2n) is 16.1. The summed E-state index contributed by atoms with van der Waals surface area (Å²) in [5.74, 6) is -2.59. The lowest BCUT2D eigenvalue weighted by Crippen LogP contribution is -2.53. The van der Waals surface area contributed by atoms with Gasteiger partial charge in [-0.05, 0) is 73.1 Å². The SMILES string of the molecule is CN(C)c1ccc(NC(=S)NC2COC(=O)C(NC(=S)Nc3ccc(N(C)C)c4ccccc34)COC(=O)C(NC(=S)Nc3ccc(N(C)C)c4ccccc34)COC2=O)c2ccccc12. The summed E-state index contributed by atoms with van der Waals surface area (Å²) in [4.78, 5) is 47.7. The first kappa shape index (κ1) is 47.0. The van der Waals surface area contributed by atoms with E-state index < -0.39 is 55.9 Å². The maximum Gasteiger partial charge on any atom is 0.332 e. The van der Waals surface area contributed by atoms with Crippen LogP contribution in [-0.4, -0.2) is 113 Å². The zero-order valence-corrected chi connectivity index (χ0v) is 39.7. The van der Waals surface area contributed by atoms with Gasteiger partial charge < -0.3 is 60.8 Å². The van der Waals surface area contributed by atoms with Crippen LogP contribution < -0.4 is 46.6 Å². The normalized spacial score (nSPS) is 16.6. The number of cyclic esters (lactones) is 3. The number of nitrogens with one attached hydrogen (secondary N) is 6. The molecule has 0 aliphatic carbocycles. The summed E-state index contributed by atoms with van der Waals surface area (Å²) >= 11 is 17.1. The molecule has 6 N–H and O–H groups in total. The van der Waals surface area contributed by atoms with Gasteiger partial charge in [0.1, 0.15) is 19.8 Å². The van der Waals surface area contributed by atoms with Crippen LogP contribution in [0.25, 0.3) is 32.3 Å². The number of hydrogen-bond donors (Lipinski definition) is 6. The molecule has 0 spiro atoms. The van der Waals surface area contributed by atoms with E-state index in [9.17, 15) is 14.4 Å². The smallest absolute Gasteiger partial charge is 0.332 e. The van der Waals surface area contributed by atoms with E-state index in [2.05, 4.69) is 31.9 Å². The number of carbonyl (C=O) groups excluding carboxylic acids is 3. The number of rotatable bonds is 9. The molecule has 0 saturated carbocycles. The summed E-state index contributed by atoms with van der Waals surface area (Å²) in [6.07, 6.45) is 0. The van der Waals surface area contributed by atoms with Crippen LogP contribution in [-0.2, 0) is 28.6 Å². The molecule has 3 atom stereocenters. The molecule has 1 heterocycles. The average molecular weight is 946 g/mol. The van der Waals surface area contributed by atoms with E-state index in [1.165, 1.54) is 0 Å². The Morgan fingerprint density at radius 1 is 0.409 bits per heavy atom. The molecule has 0 aromatic heterocycles. The fourth-order valence-corrected chi connectivity index (χ4v) is 8.36. The fraction of sp³-hybridized carbons (Fsp3) is 0.250. The van der Waals surface area contributed by atoms with Crippen LogP contribution in [0.15, 0.2) is 109 Å². The topological polar surface area (TPSA) is 161 Å². The Labute approximate surface area is 399 Å². The van der Waals surface area contributed by atoms with Crippen molar-refractivity contribution in [3.63, 3.8) is 0 Å². The lowest BCUT2D eigenvalue weighted by atomic mass is 10.1. The van der Waals surface area contributed by atoms with Gasteiger partial charge in [0.2, 0.25) is 0 Å². The Kier molecular flexibility index (Phi) is 14.8. The molecular formula is C48H51N9O6S3. The van der Waals surface area contributed by atoms with Crippen molar-refractivity contribution in [3.05, 3.63) is 109 Å². The molecule has 15 nitrogen and oxygen atoms in total. The highest BCUT2D eigenvalue weighted by molar-refractivity contribution is 7.80. The van der Waals surface area contributed by atoms with Crippen molar-refractivity contribution >= 4 is 136 Å².